The second kappa shape index (κ2) is 61.6. The summed E-state index contributed by atoms with van der Waals surface area (Å²) in [7, 11) is 0. The molecular weight excluding hydrogens is 913 g/mol. The van der Waals surface area contributed by atoms with Crippen LogP contribution in [0.15, 0.2) is 109 Å². The highest BCUT2D eigenvalue weighted by molar-refractivity contribution is 5.71. The number of ether oxygens (including phenoxy) is 3. The van der Waals surface area contributed by atoms with E-state index in [1.54, 1.807) is 0 Å². The minimum absolute atomic E-state index is 0.0982. The Kier molecular flexibility index (Phi) is 58.3. The molecule has 74 heavy (non-hydrogen) atoms. The van der Waals surface area contributed by atoms with Gasteiger partial charge in [0.15, 0.2) is 6.10 Å². The highest BCUT2D eigenvalue weighted by Crippen LogP contribution is 2.16. The fourth-order valence-electron chi connectivity index (χ4n) is 8.47. The minimum atomic E-state index is -0.805. The van der Waals surface area contributed by atoms with E-state index in [9.17, 15) is 14.4 Å². The molecule has 0 amide bonds. The first kappa shape index (κ1) is 70.1. The Morgan fingerprint density at radius 2 is 0.541 bits per heavy atom. The molecule has 0 aromatic heterocycles. The summed E-state index contributed by atoms with van der Waals surface area (Å²) in [6.45, 7) is 6.35. The number of carbonyl (C=O) groups is 3. The summed E-state index contributed by atoms with van der Waals surface area (Å²) in [6, 6.07) is 0. The molecule has 0 N–H and O–H groups in total. The third kappa shape index (κ3) is 59.0. The van der Waals surface area contributed by atoms with Gasteiger partial charge in [-0.25, -0.2) is 0 Å². The van der Waals surface area contributed by atoms with Gasteiger partial charge in [0.1, 0.15) is 13.2 Å². The van der Waals surface area contributed by atoms with Crippen LogP contribution < -0.4 is 0 Å². The van der Waals surface area contributed by atoms with Crippen LogP contribution in [-0.2, 0) is 28.6 Å². The van der Waals surface area contributed by atoms with Gasteiger partial charge in [0.05, 0.1) is 0 Å². The summed E-state index contributed by atoms with van der Waals surface area (Å²) < 4.78 is 16.8. The van der Waals surface area contributed by atoms with Crippen LogP contribution in [0.1, 0.15) is 284 Å². The number of esters is 3. The van der Waals surface area contributed by atoms with Gasteiger partial charge in [-0.15, -0.1) is 0 Å². The van der Waals surface area contributed by atoms with Crippen LogP contribution in [0.3, 0.4) is 0 Å². The first-order valence-corrected chi connectivity index (χ1v) is 30.9. The van der Waals surface area contributed by atoms with Crippen LogP contribution in [0.2, 0.25) is 0 Å². The lowest BCUT2D eigenvalue weighted by Crippen LogP contribution is -2.30. The van der Waals surface area contributed by atoms with Crippen LogP contribution in [0, 0.1) is 0 Å². The number of carbonyl (C=O) groups excluding carboxylic acids is 3. The Morgan fingerprint density at radius 1 is 0.284 bits per heavy atom. The zero-order valence-electron chi connectivity index (χ0n) is 48.3. The Labute approximate surface area is 457 Å². The summed E-state index contributed by atoms with van der Waals surface area (Å²) in [5.41, 5.74) is 0. The molecule has 1 atom stereocenters. The zero-order valence-corrected chi connectivity index (χ0v) is 48.3. The van der Waals surface area contributed by atoms with Crippen molar-refractivity contribution in [3.05, 3.63) is 109 Å². The lowest BCUT2D eigenvalue weighted by molar-refractivity contribution is -0.167. The second-order valence-electron chi connectivity index (χ2n) is 20.2. The molecule has 0 saturated carbocycles. The van der Waals surface area contributed by atoms with Gasteiger partial charge in [0.2, 0.25) is 0 Å². The lowest BCUT2D eigenvalue weighted by Gasteiger charge is -2.18. The van der Waals surface area contributed by atoms with Gasteiger partial charge < -0.3 is 14.2 Å². The molecular formula is C68H114O6. The molecule has 0 bridgehead atoms. The van der Waals surface area contributed by atoms with Crippen molar-refractivity contribution in [2.45, 2.75) is 290 Å². The molecule has 0 aliphatic carbocycles. The Balaban J connectivity index is 4.14. The van der Waals surface area contributed by atoms with E-state index in [4.69, 9.17) is 14.2 Å². The third-order valence-electron chi connectivity index (χ3n) is 13.0. The fourth-order valence-corrected chi connectivity index (χ4v) is 8.47. The molecule has 1 unspecified atom stereocenters. The number of unbranched alkanes of at least 4 members (excludes halogenated alkanes) is 26. The Morgan fingerprint density at radius 3 is 0.865 bits per heavy atom. The van der Waals surface area contributed by atoms with Crippen molar-refractivity contribution in [2.75, 3.05) is 13.2 Å². The van der Waals surface area contributed by atoms with Crippen molar-refractivity contribution >= 4 is 17.9 Å². The number of rotatable bonds is 55. The summed E-state index contributed by atoms with van der Waals surface area (Å²) in [6.07, 6.45) is 84.1. The quantitative estimate of drug-likeness (QED) is 0.0261. The van der Waals surface area contributed by atoms with Crippen LogP contribution in [-0.4, -0.2) is 37.2 Å². The Hall–Kier alpha value is -3.93. The van der Waals surface area contributed by atoms with Crippen LogP contribution in [0.5, 0.6) is 0 Å². The normalized spacial score (nSPS) is 12.9. The molecule has 0 aliphatic heterocycles. The number of hydrogen-bond acceptors (Lipinski definition) is 6. The highest BCUT2D eigenvalue weighted by atomic mass is 16.6. The molecule has 0 saturated heterocycles. The van der Waals surface area contributed by atoms with E-state index >= 15 is 0 Å². The molecule has 6 nitrogen and oxygen atoms in total. The Bertz CT molecular complexity index is 1510. The van der Waals surface area contributed by atoms with E-state index < -0.39 is 6.10 Å². The molecule has 0 rings (SSSR count). The number of allylic oxidation sites excluding steroid dienone is 18. The lowest BCUT2D eigenvalue weighted by atomic mass is 10.0. The fraction of sp³-hybridized carbons (Fsp3) is 0.691. The minimum Gasteiger partial charge on any atom is -0.462 e. The van der Waals surface area contributed by atoms with Crippen molar-refractivity contribution < 1.29 is 28.6 Å². The predicted molar refractivity (Wildman–Crippen MR) is 320 cm³/mol. The van der Waals surface area contributed by atoms with E-state index in [2.05, 4.69) is 130 Å². The third-order valence-corrected chi connectivity index (χ3v) is 13.0. The molecule has 0 aliphatic rings. The van der Waals surface area contributed by atoms with Crippen LogP contribution >= 0.6 is 0 Å². The van der Waals surface area contributed by atoms with Crippen molar-refractivity contribution in [3.8, 4) is 0 Å². The van der Waals surface area contributed by atoms with Gasteiger partial charge in [-0.05, 0) is 96.3 Å². The number of hydrogen-bond donors (Lipinski definition) is 0. The summed E-state index contributed by atoms with van der Waals surface area (Å²) in [5.74, 6) is -0.956. The maximum absolute atomic E-state index is 12.8. The van der Waals surface area contributed by atoms with Crippen molar-refractivity contribution in [1.82, 2.24) is 0 Å². The van der Waals surface area contributed by atoms with Gasteiger partial charge in [-0.3, -0.25) is 14.4 Å². The zero-order chi connectivity index (χ0) is 53.6. The molecule has 0 radical (unpaired) electrons. The largest absolute Gasteiger partial charge is 0.462 e. The molecule has 0 aromatic rings. The average molecular weight is 1030 g/mol. The van der Waals surface area contributed by atoms with Gasteiger partial charge in [-0.1, -0.05) is 278 Å². The average Bonchev–Trinajstić information content (AvgIpc) is 3.40. The first-order chi connectivity index (χ1) is 36.5. The van der Waals surface area contributed by atoms with E-state index in [-0.39, 0.29) is 37.5 Å². The SMILES string of the molecule is CC/C=C\C/C=C\C/C=C\C/C=C\C/C=C\CCCC(=O)OC(COC(=O)CCCCCCCCCC)COC(=O)CCCCCCCCCCCCCCCCCCCC/C=C\C/C=C\C/C=C\C/C=C\CC. The summed E-state index contributed by atoms with van der Waals surface area (Å²) >= 11 is 0. The van der Waals surface area contributed by atoms with Gasteiger partial charge in [0, 0.05) is 19.3 Å². The monoisotopic (exact) mass is 1030 g/mol. The van der Waals surface area contributed by atoms with Crippen LogP contribution in [0.4, 0.5) is 0 Å². The van der Waals surface area contributed by atoms with Crippen molar-refractivity contribution in [3.63, 3.8) is 0 Å². The highest BCUT2D eigenvalue weighted by Gasteiger charge is 2.19. The summed E-state index contributed by atoms with van der Waals surface area (Å²) in [4.78, 5) is 38.0. The molecule has 6 heteroatoms. The van der Waals surface area contributed by atoms with E-state index in [0.717, 1.165) is 103 Å². The van der Waals surface area contributed by atoms with Crippen LogP contribution in [0.25, 0.3) is 0 Å². The van der Waals surface area contributed by atoms with E-state index in [1.807, 2.05) is 0 Å². The maximum atomic E-state index is 12.8. The molecule has 0 spiro atoms. The van der Waals surface area contributed by atoms with Gasteiger partial charge in [-0.2, -0.15) is 0 Å². The molecule has 0 fully saturated rings. The van der Waals surface area contributed by atoms with E-state index in [1.165, 1.54) is 135 Å². The standard InChI is InChI=1S/C68H114O6/c1-4-7-10-13-16-19-21-23-25-27-28-29-30-31-32-33-34-35-36-37-38-39-40-42-43-45-47-49-52-55-58-61-67(70)73-64-65(63-72-66(69)60-57-54-51-18-15-12-9-6-3)74-68(71)62-59-56-53-50-48-46-44-41-26-24-22-20-17-14-11-8-5-2/h7-8,10-11,16-17,19-20,23-26,28-29,44,46,50,53,65H,4-6,9,12-15,18,21-22,27,30-43,45,47-49,51-52,54-64H2,1-3H3/b10-7-,11-8-,19-16-,20-17-,25-23-,26-24-,29-28-,46-44-,53-50-. The molecule has 422 valence electrons. The van der Waals surface area contributed by atoms with E-state index in [0.29, 0.717) is 19.3 Å². The second-order valence-corrected chi connectivity index (χ2v) is 20.2. The molecule has 0 aromatic carbocycles. The first-order valence-electron chi connectivity index (χ1n) is 30.9. The van der Waals surface area contributed by atoms with Crippen molar-refractivity contribution in [1.29, 1.82) is 0 Å². The van der Waals surface area contributed by atoms with Gasteiger partial charge >= 0.3 is 17.9 Å². The topological polar surface area (TPSA) is 78.9 Å². The maximum Gasteiger partial charge on any atom is 0.306 e. The van der Waals surface area contributed by atoms with Gasteiger partial charge in [0.25, 0.3) is 0 Å². The molecule has 0 heterocycles. The predicted octanol–water partition coefficient (Wildman–Crippen LogP) is 21.0. The van der Waals surface area contributed by atoms with Crippen molar-refractivity contribution in [2.24, 2.45) is 0 Å². The summed E-state index contributed by atoms with van der Waals surface area (Å²) in [5, 5.41) is 0. The smallest absolute Gasteiger partial charge is 0.306 e.